The molecule has 2 N–H and O–H groups in total. The van der Waals surface area contributed by atoms with E-state index in [-0.39, 0.29) is 17.1 Å². The van der Waals surface area contributed by atoms with Crippen molar-refractivity contribution in [2.75, 3.05) is 0 Å². The number of nitrogens with zero attached hydrogens (tertiary/aromatic N) is 1. The summed E-state index contributed by atoms with van der Waals surface area (Å²) in [5, 5.41) is 12.3. The first-order valence-corrected chi connectivity index (χ1v) is 7.06. The van der Waals surface area contributed by atoms with Crippen LogP contribution in [0.15, 0.2) is 48.8 Å². The first-order valence-electron chi connectivity index (χ1n) is 7.06. The maximum absolute atomic E-state index is 12.4. The molecule has 0 bridgehead atoms. The van der Waals surface area contributed by atoms with E-state index in [0.717, 1.165) is 12.0 Å². The van der Waals surface area contributed by atoms with E-state index in [1.807, 2.05) is 25.1 Å². The molecular weight excluding hydrogens is 264 g/mol. The number of carbonyl (C=O) groups excluding carboxylic acids is 1. The Morgan fingerprint density at radius 2 is 2.14 bits per heavy atom. The van der Waals surface area contributed by atoms with E-state index in [2.05, 4.69) is 22.4 Å². The highest BCUT2D eigenvalue weighted by atomic mass is 16.3. The number of nitrogens with one attached hydrogen (secondary N) is 1. The van der Waals surface area contributed by atoms with Crippen LogP contribution in [0.5, 0.6) is 5.75 Å². The molecule has 0 radical (unpaired) electrons. The summed E-state index contributed by atoms with van der Waals surface area (Å²) < 4.78 is 0. The van der Waals surface area contributed by atoms with Crippen LogP contribution in [0.25, 0.3) is 0 Å². The molecule has 1 fully saturated rings. The molecular formula is C17H18N2O2. The van der Waals surface area contributed by atoms with Gasteiger partial charge in [-0.15, -0.1) is 0 Å². The Balaban J connectivity index is 1.62. The van der Waals surface area contributed by atoms with Crippen LogP contribution in [0.2, 0.25) is 0 Å². The molecule has 4 heteroatoms. The van der Waals surface area contributed by atoms with Gasteiger partial charge in [0.25, 0.3) is 0 Å². The van der Waals surface area contributed by atoms with Crippen LogP contribution in [-0.4, -0.2) is 16.0 Å². The van der Waals surface area contributed by atoms with Crippen LogP contribution in [-0.2, 0) is 11.3 Å². The highest BCUT2D eigenvalue weighted by Crippen LogP contribution is 2.59. The zero-order chi connectivity index (χ0) is 14.9. The Bertz CT molecular complexity index is 657. The van der Waals surface area contributed by atoms with Gasteiger partial charge < -0.3 is 10.4 Å². The summed E-state index contributed by atoms with van der Waals surface area (Å²) in [6.45, 7) is 2.39. The van der Waals surface area contributed by atoms with Gasteiger partial charge in [0.1, 0.15) is 5.75 Å². The molecule has 0 spiro atoms. The number of hydrogen-bond acceptors (Lipinski definition) is 3. The maximum atomic E-state index is 12.4. The first-order chi connectivity index (χ1) is 10.1. The predicted molar refractivity (Wildman–Crippen MR) is 79.7 cm³/mol. The lowest BCUT2D eigenvalue weighted by Gasteiger charge is -2.12. The van der Waals surface area contributed by atoms with Gasteiger partial charge in [-0.25, -0.2) is 0 Å². The second-order valence-electron chi connectivity index (χ2n) is 5.82. The fraction of sp³-hybridized carbons (Fsp3) is 0.294. The van der Waals surface area contributed by atoms with Gasteiger partial charge in [-0.2, -0.15) is 0 Å². The van der Waals surface area contributed by atoms with E-state index >= 15 is 0 Å². The second-order valence-corrected chi connectivity index (χ2v) is 5.82. The Kier molecular flexibility index (Phi) is 3.37. The fourth-order valence-electron chi connectivity index (χ4n) is 2.74. The molecule has 2 atom stereocenters. The normalized spacial score (nSPS) is 23.6. The van der Waals surface area contributed by atoms with Gasteiger partial charge in [0.2, 0.25) is 5.91 Å². The SMILES string of the molecule is C[C@]1(C(=O)NCc2cncc(O)c2)C[C@@H]1c1ccccc1. The zero-order valence-corrected chi connectivity index (χ0v) is 11.9. The summed E-state index contributed by atoms with van der Waals surface area (Å²) in [6, 6.07) is 11.7. The Hall–Kier alpha value is -2.36. The molecule has 1 aromatic carbocycles. The van der Waals surface area contributed by atoms with Gasteiger partial charge >= 0.3 is 0 Å². The Labute approximate surface area is 123 Å². The van der Waals surface area contributed by atoms with E-state index in [1.54, 1.807) is 12.3 Å². The molecule has 1 aliphatic carbocycles. The number of amides is 1. The molecule has 1 amide bonds. The lowest BCUT2D eigenvalue weighted by molar-refractivity contribution is -0.126. The van der Waals surface area contributed by atoms with Crippen LogP contribution < -0.4 is 5.32 Å². The second kappa shape index (κ2) is 5.20. The minimum atomic E-state index is -0.328. The quantitative estimate of drug-likeness (QED) is 0.906. The van der Waals surface area contributed by atoms with Crippen molar-refractivity contribution in [2.45, 2.75) is 25.8 Å². The predicted octanol–water partition coefficient (Wildman–Crippen LogP) is 2.60. The molecule has 1 aromatic heterocycles. The van der Waals surface area contributed by atoms with E-state index in [0.29, 0.717) is 12.5 Å². The molecule has 1 aliphatic rings. The van der Waals surface area contributed by atoms with Crippen molar-refractivity contribution in [3.05, 3.63) is 59.9 Å². The van der Waals surface area contributed by atoms with Crippen molar-refractivity contribution in [3.8, 4) is 5.75 Å². The number of carbonyl (C=O) groups is 1. The van der Waals surface area contributed by atoms with E-state index in [4.69, 9.17) is 0 Å². The molecule has 108 valence electrons. The number of benzene rings is 1. The van der Waals surface area contributed by atoms with Gasteiger partial charge in [-0.1, -0.05) is 37.3 Å². The number of rotatable bonds is 4. The van der Waals surface area contributed by atoms with Crippen LogP contribution in [0, 0.1) is 5.41 Å². The summed E-state index contributed by atoms with van der Waals surface area (Å²) in [5.41, 5.74) is 1.68. The highest BCUT2D eigenvalue weighted by Gasteiger charge is 2.56. The summed E-state index contributed by atoms with van der Waals surface area (Å²) in [4.78, 5) is 16.3. The summed E-state index contributed by atoms with van der Waals surface area (Å²) in [7, 11) is 0. The van der Waals surface area contributed by atoms with Crippen molar-refractivity contribution < 1.29 is 9.90 Å². The van der Waals surface area contributed by atoms with E-state index in [1.165, 1.54) is 11.8 Å². The summed E-state index contributed by atoms with van der Waals surface area (Å²) >= 11 is 0. The third kappa shape index (κ3) is 2.75. The summed E-state index contributed by atoms with van der Waals surface area (Å²) in [6.07, 6.45) is 3.89. The molecule has 21 heavy (non-hydrogen) atoms. The van der Waals surface area contributed by atoms with Gasteiger partial charge in [0.05, 0.1) is 11.6 Å². The molecule has 3 rings (SSSR count). The third-order valence-electron chi connectivity index (χ3n) is 4.19. The van der Waals surface area contributed by atoms with Crippen molar-refractivity contribution in [2.24, 2.45) is 5.41 Å². The average molecular weight is 282 g/mol. The molecule has 0 saturated heterocycles. The number of pyridine rings is 1. The minimum Gasteiger partial charge on any atom is -0.506 e. The zero-order valence-electron chi connectivity index (χ0n) is 11.9. The smallest absolute Gasteiger partial charge is 0.226 e. The largest absolute Gasteiger partial charge is 0.506 e. The number of aromatic hydroxyl groups is 1. The molecule has 1 saturated carbocycles. The van der Waals surface area contributed by atoms with Crippen LogP contribution in [0.1, 0.15) is 30.4 Å². The first kappa shape index (κ1) is 13.6. The lowest BCUT2D eigenvalue weighted by atomic mass is 10.00. The number of hydrogen-bond donors (Lipinski definition) is 2. The van der Waals surface area contributed by atoms with Crippen LogP contribution >= 0.6 is 0 Å². The van der Waals surface area contributed by atoms with Gasteiger partial charge in [-0.3, -0.25) is 9.78 Å². The minimum absolute atomic E-state index is 0.0553. The van der Waals surface area contributed by atoms with Gasteiger partial charge in [-0.05, 0) is 29.5 Å². The average Bonchev–Trinajstić information content (AvgIpc) is 3.19. The van der Waals surface area contributed by atoms with E-state index in [9.17, 15) is 9.90 Å². The monoisotopic (exact) mass is 282 g/mol. The highest BCUT2D eigenvalue weighted by molar-refractivity contribution is 5.86. The van der Waals surface area contributed by atoms with Gasteiger partial charge in [0, 0.05) is 12.7 Å². The molecule has 2 aromatic rings. The Morgan fingerprint density at radius 3 is 2.86 bits per heavy atom. The van der Waals surface area contributed by atoms with Crippen molar-refractivity contribution in [1.82, 2.24) is 10.3 Å². The third-order valence-corrected chi connectivity index (χ3v) is 4.19. The topological polar surface area (TPSA) is 62.2 Å². The maximum Gasteiger partial charge on any atom is 0.226 e. The van der Waals surface area contributed by atoms with Crippen molar-refractivity contribution >= 4 is 5.91 Å². The van der Waals surface area contributed by atoms with E-state index < -0.39 is 0 Å². The molecule has 0 unspecified atom stereocenters. The fourth-order valence-corrected chi connectivity index (χ4v) is 2.74. The van der Waals surface area contributed by atoms with Gasteiger partial charge in [0.15, 0.2) is 0 Å². The molecule has 0 aliphatic heterocycles. The molecule has 4 nitrogen and oxygen atoms in total. The van der Waals surface area contributed by atoms with Crippen LogP contribution in [0.3, 0.4) is 0 Å². The molecule has 1 heterocycles. The Morgan fingerprint density at radius 1 is 1.38 bits per heavy atom. The standard InChI is InChI=1S/C17H18N2O2/c1-17(8-15(17)13-5-3-2-4-6-13)16(21)19-10-12-7-14(20)11-18-9-12/h2-7,9,11,15,20H,8,10H2,1H3,(H,19,21)/t15-,17+/m1/s1. The summed E-state index contributed by atoms with van der Waals surface area (Å²) in [5.74, 6) is 0.460. The van der Waals surface area contributed by atoms with Crippen molar-refractivity contribution in [3.63, 3.8) is 0 Å². The lowest BCUT2D eigenvalue weighted by Crippen LogP contribution is -2.30. The van der Waals surface area contributed by atoms with Crippen molar-refractivity contribution in [1.29, 1.82) is 0 Å². The van der Waals surface area contributed by atoms with Crippen LogP contribution in [0.4, 0.5) is 0 Å². The number of aromatic nitrogens is 1.